The first-order valence-corrected chi connectivity index (χ1v) is 6.91. The van der Waals surface area contributed by atoms with Crippen LogP contribution in [0.2, 0.25) is 5.28 Å². The molecule has 0 bridgehead atoms. The van der Waals surface area contributed by atoms with Crippen LogP contribution in [0.15, 0.2) is 24.5 Å². The highest BCUT2D eigenvalue weighted by molar-refractivity contribution is 6.28. The van der Waals surface area contributed by atoms with E-state index in [-0.39, 0.29) is 5.28 Å². The van der Waals surface area contributed by atoms with Crippen LogP contribution in [0.5, 0.6) is 0 Å². The Morgan fingerprint density at radius 2 is 2.05 bits per heavy atom. The zero-order chi connectivity index (χ0) is 15.0. The zero-order valence-corrected chi connectivity index (χ0v) is 12.7. The van der Waals surface area contributed by atoms with Gasteiger partial charge in [0.15, 0.2) is 0 Å². The average molecular weight is 303 g/mol. The van der Waals surface area contributed by atoms with E-state index in [1.54, 1.807) is 12.4 Å². The van der Waals surface area contributed by atoms with Crippen molar-refractivity contribution < 1.29 is 0 Å². The Labute approximate surface area is 127 Å². The molecule has 0 aliphatic heterocycles. The molecule has 7 heteroatoms. The molecule has 0 amide bonds. The molecule has 3 rings (SSSR count). The maximum Gasteiger partial charge on any atom is 0.222 e. The van der Waals surface area contributed by atoms with E-state index in [9.17, 15) is 0 Å². The molecule has 21 heavy (non-hydrogen) atoms. The van der Waals surface area contributed by atoms with Crippen LogP contribution in [0.3, 0.4) is 0 Å². The Morgan fingerprint density at radius 3 is 2.81 bits per heavy atom. The predicted octanol–water partition coefficient (Wildman–Crippen LogP) is 3.06. The second kappa shape index (κ2) is 4.96. The molecular weight excluding hydrogens is 288 g/mol. The topological polar surface area (TPSA) is 79.4 Å². The van der Waals surface area contributed by atoms with E-state index < -0.39 is 5.54 Å². The first-order valence-electron chi connectivity index (χ1n) is 6.54. The van der Waals surface area contributed by atoms with E-state index in [0.29, 0.717) is 0 Å². The molecule has 0 radical (unpaired) electrons. The number of imidazole rings is 1. The molecular formula is C14H15ClN6. The summed E-state index contributed by atoms with van der Waals surface area (Å²) in [6, 6.07) is 3.74. The summed E-state index contributed by atoms with van der Waals surface area (Å²) < 4.78 is 0. The van der Waals surface area contributed by atoms with Gasteiger partial charge in [0, 0.05) is 12.3 Å². The fourth-order valence-corrected chi connectivity index (χ4v) is 2.32. The summed E-state index contributed by atoms with van der Waals surface area (Å²) in [4.78, 5) is 20.1. The van der Waals surface area contributed by atoms with Gasteiger partial charge in [-0.15, -0.1) is 0 Å². The van der Waals surface area contributed by atoms with Crippen molar-refractivity contribution >= 4 is 28.5 Å². The molecule has 0 saturated carbocycles. The van der Waals surface area contributed by atoms with Crippen LogP contribution in [-0.4, -0.2) is 24.9 Å². The Morgan fingerprint density at radius 1 is 1.24 bits per heavy atom. The molecule has 0 fully saturated rings. The van der Waals surface area contributed by atoms with Gasteiger partial charge < -0.3 is 10.3 Å². The van der Waals surface area contributed by atoms with Crippen molar-refractivity contribution in [1.82, 2.24) is 24.9 Å². The quantitative estimate of drug-likeness (QED) is 0.727. The molecule has 0 spiro atoms. The first-order chi connectivity index (χ1) is 9.94. The van der Waals surface area contributed by atoms with Crippen molar-refractivity contribution in [3.8, 4) is 0 Å². The van der Waals surface area contributed by atoms with Gasteiger partial charge in [0.1, 0.15) is 11.6 Å². The van der Waals surface area contributed by atoms with Crippen molar-refractivity contribution in [2.75, 3.05) is 5.32 Å². The number of rotatable bonds is 3. The van der Waals surface area contributed by atoms with Crippen molar-refractivity contribution in [2.45, 2.75) is 26.3 Å². The van der Waals surface area contributed by atoms with Gasteiger partial charge in [-0.1, -0.05) is 0 Å². The Kier molecular flexibility index (Phi) is 3.25. The number of H-pyrrole nitrogens is 1. The summed E-state index contributed by atoms with van der Waals surface area (Å²) in [6.45, 7) is 5.93. The molecule has 3 aromatic rings. The lowest BCUT2D eigenvalue weighted by Gasteiger charge is -2.26. The second-order valence-electron chi connectivity index (χ2n) is 5.37. The van der Waals surface area contributed by atoms with Crippen LogP contribution in [0.25, 0.3) is 11.0 Å². The van der Waals surface area contributed by atoms with Gasteiger partial charge in [0.25, 0.3) is 0 Å². The highest BCUT2D eigenvalue weighted by atomic mass is 35.5. The molecule has 0 aliphatic carbocycles. The van der Waals surface area contributed by atoms with E-state index in [1.807, 2.05) is 32.9 Å². The van der Waals surface area contributed by atoms with Gasteiger partial charge in [-0.2, -0.15) is 0 Å². The normalized spacial score (nSPS) is 11.8. The number of halogens is 1. The lowest BCUT2D eigenvalue weighted by molar-refractivity contribution is 0.582. The van der Waals surface area contributed by atoms with Crippen molar-refractivity contribution in [3.05, 3.63) is 41.3 Å². The van der Waals surface area contributed by atoms with Gasteiger partial charge in [0.05, 0.1) is 28.5 Å². The molecule has 0 aromatic carbocycles. The molecule has 6 nitrogen and oxygen atoms in total. The number of fused-ring (bicyclic) bond motifs is 1. The lowest BCUT2D eigenvalue weighted by Crippen LogP contribution is -2.29. The zero-order valence-electron chi connectivity index (χ0n) is 12.0. The number of anilines is 1. The van der Waals surface area contributed by atoms with E-state index in [0.717, 1.165) is 28.4 Å². The van der Waals surface area contributed by atoms with Gasteiger partial charge in [-0.05, 0) is 38.4 Å². The van der Waals surface area contributed by atoms with Crippen LogP contribution < -0.4 is 5.32 Å². The Bertz CT molecular complexity index is 795. The number of pyridine rings is 1. The van der Waals surface area contributed by atoms with Crippen LogP contribution >= 0.6 is 11.6 Å². The second-order valence-corrected chi connectivity index (χ2v) is 5.71. The minimum atomic E-state index is -0.432. The minimum Gasteiger partial charge on any atom is -0.359 e. The highest BCUT2D eigenvalue weighted by Gasteiger charge is 2.23. The molecule has 3 aromatic heterocycles. The SMILES string of the molecule is Cc1nc2cc(NC(C)(C)c3ccnc(Cl)n3)ncc2[nH]1. The molecule has 0 atom stereocenters. The van der Waals surface area contributed by atoms with Gasteiger partial charge in [-0.25, -0.2) is 19.9 Å². The maximum atomic E-state index is 5.85. The smallest absolute Gasteiger partial charge is 0.222 e. The summed E-state index contributed by atoms with van der Waals surface area (Å²) in [5.74, 6) is 1.60. The summed E-state index contributed by atoms with van der Waals surface area (Å²) in [7, 11) is 0. The molecule has 108 valence electrons. The summed E-state index contributed by atoms with van der Waals surface area (Å²) in [6.07, 6.45) is 3.41. The summed E-state index contributed by atoms with van der Waals surface area (Å²) in [5.41, 5.74) is 2.16. The summed E-state index contributed by atoms with van der Waals surface area (Å²) in [5, 5.41) is 3.58. The standard InChI is InChI=1S/C14H15ClN6/c1-8-18-9-6-12(17-7-10(9)19-8)21-14(2,3)11-4-5-16-13(15)20-11/h4-7H,1-3H3,(H,17,21)(H,18,19). The number of hydrogen-bond acceptors (Lipinski definition) is 5. The number of aryl methyl sites for hydroxylation is 1. The Hall–Kier alpha value is -2.21. The maximum absolute atomic E-state index is 5.85. The predicted molar refractivity (Wildman–Crippen MR) is 82.3 cm³/mol. The number of nitrogens with one attached hydrogen (secondary N) is 2. The van der Waals surface area contributed by atoms with Crippen LogP contribution in [-0.2, 0) is 5.54 Å². The Balaban J connectivity index is 1.92. The number of aromatic amines is 1. The van der Waals surface area contributed by atoms with Crippen molar-refractivity contribution in [2.24, 2.45) is 0 Å². The third-order valence-corrected chi connectivity index (χ3v) is 3.38. The summed E-state index contributed by atoms with van der Waals surface area (Å²) >= 11 is 5.85. The van der Waals surface area contributed by atoms with E-state index >= 15 is 0 Å². The first kappa shape index (κ1) is 13.8. The number of nitrogens with zero attached hydrogens (tertiary/aromatic N) is 4. The lowest BCUT2D eigenvalue weighted by atomic mass is 10.0. The van der Waals surface area contributed by atoms with Crippen molar-refractivity contribution in [3.63, 3.8) is 0 Å². The van der Waals surface area contributed by atoms with Crippen molar-refractivity contribution in [1.29, 1.82) is 0 Å². The third kappa shape index (κ3) is 2.80. The molecule has 0 unspecified atom stereocenters. The van der Waals surface area contributed by atoms with E-state index in [4.69, 9.17) is 11.6 Å². The monoisotopic (exact) mass is 302 g/mol. The minimum absolute atomic E-state index is 0.230. The number of aromatic nitrogens is 5. The molecule has 0 aliphatic rings. The molecule has 0 saturated heterocycles. The highest BCUT2D eigenvalue weighted by Crippen LogP contribution is 2.24. The van der Waals surface area contributed by atoms with Crippen LogP contribution in [0, 0.1) is 6.92 Å². The largest absolute Gasteiger partial charge is 0.359 e. The fraction of sp³-hybridized carbons (Fsp3) is 0.286. The molecule has 3 heterocycles. The average Bonchev–Trinajstić information content (AvgIpc) is 2.77. The van der Waals surface area contributed by atoms with E-state index in [1.165, 1.54) is 0 Å². The van der Waals surface area contributed by atoms with E-state index in [2.05, 4.69) is 30.2 Å². The van der Waals surface area contributed by atoms with Gasteiger partial charge in [-0.3, -0.25) is 0 Å². The van der Waals surface area contributed by atoms with Crippen LogP contribution in [0.4, 0.5) is 5.82 Å². The third-order valence-electron chi connectivity index (χ3n) is 3.19. The molecule has 2 N–H and O–H groups in total. The van der Waals surface area contributed by atoms with Gasteiger partial charge >= 0.3 is 0 Å². The fourth-order valence-electron chi connectivity index (χ4n) is 2.17. The van der Waals surface area contributed by atoms with Gasteiger partial charge in [0.2, 0.25) is 5.28 Å². The van der Waals surface area contributed by atoms with Crippen LogP contribution in [0.1, 0.15) is 25.4 Å². The number of hydrogen-bond donors (Lipinski definition) is 2.